The van der Waals surface area contributed by atoms with Gasteiger partial charge in [-0.2, -0.15) is 0 Å². The molecule has 0 saturated carbocycles. The molecule has 2 rings (SSSR count). The van der Waals surface area contributed by atoms with Gasteiger partial charge in [-0.15, -0.1) is 12.4 Å². The molecule has 4 nitrogen and oxygen atoms in total. The summed E-state index contributed by atoms with van der Waals surface area (Å²) in [6, 6.07) is 4.12. The molecule has 2 N–H and O–H groups in total. The van der Waals surface area contributed by atoms with E-state index in [-0.39, 0.29) is 41.4 Å². The molecule has 1 fully saturated rings. The SMILES string of the molecule is CC1(C)CN(C(=O)COc2ccc(F)c(Cl)c2)CCC1N.Cl. The highest BCUT2D eigenvalue weighted by Gasteiger charge is 2.35. The Kier molecular flexibility index (Phi) is 6.47. The second-order valence-electron chi connectivity index (χ2n) is 6.06. The molecule has 1 atom stereocenters. The van der Waals surface area contributed by atoms with Crippen molar-refractivity contribution in [3.05, 3.63) is 29.0 Å². The van der Waals surface area contributed by atoms with Gasteiger partial charge in [0.1, 0.15) is 11.6 Å². The fourth-order valence-electron chi connectivity index (χ4n) is 2.39. The Morgan fingerprint density at radius 2 is 2.23 bits per heavy atom. The van der Waals surface area contributed by atoms with Gasteiger partial charge in [-0.3, -0.25) is 4.79 Å². The van der Waals surface area contributed by atoms with Crippen molar-refractivity contribution in [1.29, 1.82) is 0 Å². The van der Waals surface area contributed by atoms with Crippen molar-refractivity contribution in [2.24, 2.45) is 11.1 Å². The van der Waals surface area contributed by atoms with Gasteiger partial charge in [-0.25, -0.2) is 4.39 Å². The lowest BCUT2D eigenvalue weighted by molar-refractivity contribution is -0.136. The molecular weight excluding hydrogens is 330 g/mol. The zero-order chi connectivity index (χ0) is 15.6. The van der Waals surface area contributed by atoms with E-state index in [1.807, 2.05) is 0 Å². The molecule has 1 aliphatic heterocycles. The normalized spacial score (nSPS) is 20.2. The highest BCUT2D eigenvalue weighted by atomic mass is 35.5. The number of likely N-dealkylation sites (tertiary alicyclic amines) is 1. The Labute approximate surface area is 141 Å². The van der Waals surface area contributed by atoms with Crippen molar-refractivity contribution in [1.82, 2.24) is 4.90 Å². The Hall–Kier alpha value is -1.04. The van der Waals surface area contributed by atoms with E-state index in [9.17, 15) is 9.18 Å². The number of carbonyl (C=O) groups is 1. The average molecular weight is 351 g/mol. The Morgan fingerprint density at radius 3 is 2.82 bits per heavy atom. The van der Waals surface area contributed by atoms with Crippen LogP contribution in [0.25, 0.3) is 0 Å². The molecule has 1 amide bonds. The second-order valence-corrected chi connectivity index (χ2v) is 6.47. The van der Waals surface area contributed by atoms with E-state index in [1.54, 1.807) is 4.90 Å². The molecule has 124 valence electrons. The van der Waals surface area contributed by atoms with Crippen LogP contribution in [0, 0.1) is 11.2 Å². The van der Waals surface area contributed by atoms with Crippen LogP contribution in [-0.4, -0.2) is 36.5 Å². The van der Waals surface area contributed by atoms with Crippen LogP contribution in [0.1, 0.15) is 20.3 Å². The van der Waals surface area contributed by atoms with Gasteiger partial charge in [-0.05, 0) is 24.0 Å². The lowest BCUT2D eigenvalue weighted by Gasteiger charge is -2.42. The van der Waals surface area contributed by atoms with E-state index in [2.05, 4.69) is 13.8 Å². The summed E-state index contributed by atoms with van der Waals surface area (Å²) in [5.41, 5.74) is 5.95. The summed E-state index contributed by atoms with van der Waals surface area (Å²) in [5.74, 6) is -0.236. The molecule has 1 heterocycles. The maximum atomic E-state index is 13.0. The van der Waals surface area contributed by atoms with E-state index in [1.165, 1.54) is 18.2 Å². The van der Waals surface area contributed by atoms with E-state index < -0.39 is 5.82 Å². The van der Waals surface area contributed by atoms with Crippen LogP contribution >= 0.6 is 24.0 Å². The number of rotatable bonds is 3. The van der Waals surface area contributed by atoms with Gasteiger partial charge in [0.15, 0.2) is 6.61 Å². The van der Waals surface area contributed by atoms with Crippen LogP contribution in [0.4, 0.5) is 4.39 Å². The van der Waals surface area contributed by atoms with Crippen molar-refractivity contribution >= 4 is 29.9 Å². The van der Waals surface area contributed by atoms with Crippen molar-refractivity contribution < 1.29 is 13.9 Å². The molecule has 1 unspecified atom stereocenters. The smallest absolute Gasteiger partial charge is 0.260 e. The number of piperidine rings is 1. The fourth-order valence-corrected chi connectivity index (χ4v) is 2.56. The van der Waals surface area contributed by atoms with Gasteiger partial charge < -0.3 is 15.4 Å². The quantitative estimate of drug-likeness (QED) is 0.911. The van der Waals surface area contributed by atoms with Gasteiger partial charge >= 0.3 is 0 Å². The largest absolute Gasteiger partial charge is 0.484 e. The number of nitrogens with two attached hydrogens (primary N) is 1. The number of ether oxygens (including phenoxy) is 1. The third-order valence-electron chi connectivity index (χ3n) is 3.92. The third-order valence-corrected chi connectivity index (χ3v) is 4.21. The maximum absolute atomic E-state index is 13.0. The van der Waals surface area contributed by atoms with Crippen molar-refractivity contribution in [2.75, 3.05) is 19.7 Å². The molecule has 0 spiro atoms. The van der Waals surface area contributed by atoms with E-state index in [0.717, 1.165) is 6.42 Å². The van der Waals surface area contributed by atoms with Crippen LogP contribution in [-0.2, 0) is 4.79 Å². The predicted molar refractivity (Wildman–Crippen MR) is 87.1 cm³/mol. The summed E-state index contributed by atoms with van der Waals surface area (Å²) >= 11 is 5.67. The molecule has 0 aromatic heterocycles. The minimum atomic E-state index is -0.512. The second kappa shape index (κ2) is 7.49. The summed E-state index contributed by atoms with van der Waals surface area (Å²) in [4.78, 5) is 13.9. The molecule has 22 heavy (non-hydrogen) atoms. The average Bonchev–Trinajstić information content (AvgIpc) is 2.42. The highest BCUT2D eigenvalue weighted by Crippen LogP contribution is 2.28. The molecular formula is C15H21Cl2FN2O2. The van der Waals surface area contributed by atoms with Crippen LogP contribution in [0.2, 0.25) is 5.02 Å². The Bertz CT molecular complexity index is 540. The number of carbonyl (C=O) groups excluding carboxylic acids is 1. The molecule has 7 heteroatoms. The predicted octanol–water partition coefficient (Wildman–Crippen LogP) is 2.87. The summed E-state index contributed by atoms with van der Waals surface area (Å²) in [5, 5.41) is -0.0231. The van der Waals surface area contributed by atoms with Crippen LogP contribution in [0.3, 0.4) is 0 Å². The van der Waals surface area contributed by atoms with Crippen LogP contribution < -0.4 is 10.5 Å². The number of nitrogens with zero attached hydrogens (tertiary/aromatic N) is 1. The molecule has 0 bridgehead atoms. The lowest BCUT2D eigenvalue weighted by atomic mass is 9.80. The molecule has 0 aliphatic carbocycles. The first kappa shape index (κ1) is 19.0. The summed E-state index contributed by atoms with van der Waals surface area (Å²) in [6.45, 7) is 5.26. The zero-order valence-electron chi connectivity index (χ0n) is 12.6. The van der Waals surface area contributed by atoms with Crippen LogP contribution in [0.15, 0.2) is 18.2 Å². The minimum absolute atomic E-state index is 0. The van der Waals surface area contributed by atoms with E-state index in [0.29, 0.717) is 18.8 Å². The number of hydrogen-bond donors (Lipinski definition) is 1. The van der Waals surface area contributed by atoms with Crippen molar-refractivity contribution in [2.45, 2.75) is 26.3 Å². The minimum Gasteiger partial charge on any atom is -0.484 e. The van der Waals surface area contributed by atoms with E-state index >= 15 is 0 Å². The first-order valence-electron chi connectivity index (χ1n) is 6.91. The lowest BCUT2D eigenvalue weighted by Crippen LogP contribution is -2.54. The Morgan fingerprint density at radius 1 is 1.55 bits per heavy atom. The van der Waals surface area contributed by atoms with Crippen LogP contribution in [0.5, 0.6) is 5.75 Å². The number of amides is 1. The summed E-state index contributed by atoms with van der Waals surface area (Å²) in [6.07, 6.45) is 0.779. The highest BCUT2D eigenvalue weighted by molar-refractivity contribution is 6.30. The number of halogens is 3. The Balaban J connectivity index is 0.00000242. The van der Waals surface area contributed by atoms with Gasteiger partial charge in [0.05, 0.1) is 5.02 Å². The molecule has 1 aliphatic rings. The van der Waals surface area contributed by atoms with Crippen molar-refractivity contribution in [3.63, 3.8) is 0 Å². The molecule has 1 saturated heterocycles. The topological polar surface area (TPSA) is 55.6 Å². The fraction of sp³-hybridized carbons (Fsp3) is 0.533. The molecule has 1 aromatic rings. The van der Waals surface area contributed by atoms with E-state index in [4.69, 9.17) is 22.1 Å². The first-order valence-corrected chi connectivity index (χ1v) is 7.28. The van der Waals surface area contributed by atoms with Gasteiger partial charge in [0, 0.05) is 25.2 Å². The monoisotopic (exact) mass is 350 g/mol. The van der Waals surface area contributed by atoms with Gasteiger partial charge in [0.2, 0.25) is 0 Å². The van der Waals surface area contributed by atoms with Gasteiger partial charge in [-0.1, -0.05) is 25.4 Å². The van der Waals surface area contributed by atoms with Gasteiger partial charge in [0.25, 0.3) is 5.91 Å². The first-order chi connectivity index (χ1) is 9.79. The summed E-state index contributed by atoms with van der Waals surface area (Å²) < 4.78 is 18.4. The van der Waals surface area contributed by atoms with Crippen molar-refractivity contribution in [3.8, 4) is 5.75 Å². The maximum Gasteiger partial charge on any atom is 0.260 e. The molecule has 0 radical (unpaired) electrons. The summed E-state index contributed by atoms with van der Waals surface area (Å²) in [7, 11) is 0. The third kappa shape index (κ3) is 4.48. The zero-order valence-corrected chi connectivity index (χ0v) is 14.2. The molecule has 1 aromatic carbocycles. The number of hydrogen-bond acceptors (Lipinski definition) is 3. The standard InChI is InChI=1S/C15H20ClFN2O2.ClH/c1-15(2)9-19(6-5-13(15)18)14(20)8-21-10-3-4-12(17)11(16)7-10;/h3-4,7,13H,5-6,8-9,18H2,1-2H3;1H. The number of benzene rings is 1.